The third kappa shape index (κ3) is 4.04. The van der Waals surface area contributed by atoms with Crippen LogP contribution in [0.2, 0.25) is 0 Å². The molecule has 2 N–H and O–H groups in total. The highest BCUT2D eigenvalue weighted by molar-refractivity contribution is 9.10. The molecular weight excluding hydrogens is 444 g/mol. The summed E-state index contributed by atoms with van der Waals surface area (Å²) in [5.41, 5.74) is 1.49. The molecule has 7 heteroatoms. The Balaban J connectivity index is 1.86. The monoisotopic (exact) mass is 452 g/mol. The summed E-state index contributed by atoms with van der Waals surface area (Å²) >= 11 is 8.03. The quantitative estimate of drug-likeness (QED) is 0.641. The first kappa shape index (κ1) is 16.3. The van der Waals surface area contributed by atoms with Gasteiger partial charge in [-0.25, -0.2) is 4.99 Å². The number of carbonyl (C=O) groups excluding carboxylic acids is 1. The molecule has 1 aliphatic heterocycles. The van der Waals surface area contributed by atoms with E-state index < -0.39 is 0 Å². The number of halogens is 2. The number of aliphatic imine (C=N–C) groups is 1. The fourth-order valence-electron chi connectivity index (χ4n) is 1.90. The molecule has 2 aromatic carbocycles. The molecule has 2 aromatic rings. The van der Waals surface area contributed by atoms with Crippen LogP contribution in [0.5, 0.6) is 5.75 Å². The molecule has 1 heterocycles. The van der Waals surface area contributed by atoms with Crippen molar-refractivity contribution in [3.05, 3.63) is 61.9 Å². The lowest BCUT2D eigenvalue weighted by atomic mass is 10.2. The van der Waals surface area contributed by atoms with Crippen molar-refractivity contribution in [2.75, 3.05) is 0 Å². The van der Waals surface area contributed by atoms with Gasteiger partial charge in [-0.05, 0) is 65.9 Å². The summed E-state index contributed by atoms with van der Waals surface area (Å²) in [6, 6.07) is 12.4. The maximum Gasteiger partial charge on any atom is 0.264 e. The van der Waals surface area contributed by atoms with Crippen LogP contribution in [0.25, 0.3) is 6.08 Å². The fraction of sp³-hybridized carbons (Fsp3) is 0. The van der Waals surface area contributed by atoms with Gasteiger partial charge < -0.3 is 10.4 Å². The summed E-state index contributed by atoms with van der Waals surface area (Å²) in [6.45, 7) is 0. The van der Waals surface area contributed by atoms with Crippen LogP contribution in [-0.2, 0) is 4.79 Å². The van der Waals surface area contributed by atoms with Gasteiger partial charge in [0.1, 0.15) is 5.75 Å². The van der Waals surface area contributed by atoms with Crippen molar-refractivity contribution in [3.63, 3.8) is 0 Å². The molecule has 0 aliphatic carbocycles. The second-order valence-corrected chi connectivity index (χ2v) is 7.46. The Bertz CT molecular complexity index is 832. The molecule has 0 aromatic heterocycles. The Kier molecular flexibility index (Phi) is 4.89. The highest BCUT2D eigenvalue weighted by atomic mass is 79.9. The van der Waals surface area contributed by atoms with Crippen molar-refractivity contribution in [3.8, 4) is 5.75 Å². The predicted molar refractivity (Wildman–Crippen MR) is 101 cm³/mol. The van der Waals surface area contributed by atoms with E-state index in [4.69, 9.17) is 0 Å². The molecule has 0 bridgehead atoms. The van der Waals surface area contributed by atoms with E-state index in [-0.39, 0.29) is 11.7 Å². The highest BCUT2D eigenvalue weighted by Crippen LogP contribution is 2.31. The van der Waals surface area contributed by atoms with Gasteiger partial charge in [0.05, 0.1) is 10.6 Å². The number of hydrogen-bond acceptors (Lipinski definition) is 4. The number of nitrogens with zero attached hydrogens (tertiary/aromatic N) is 1. The second-order valence-electron chi connectivity index (χ2n) is 4.66. The van der Waals surface area contributed by atoms with Gasteiger partial charge in [-0.1, -0.05) is 31.9 Å². The number of amidine groups is 1. The molecule has 0 spiro atoms. The number of benzene rings is 2. The molecule has 3 rings (SSSR count). The van der Waals surface area contributed by atoms with Crippen LogP contribution in [0.4, 0.5) is 5.69 Å². The summed E-state index contributed by atoms with van der Waals surface area (Å²) in [4.78, 5) is 17.0. The smallest absolute Gasteiger partial charge is 0.264 e. The third-order valence-electron chi connectivity index (χ3n) is 2.97. The third-order valence-corrected chi connectivity index (χ3v) is 5.14. The number of carbonyl (C=O) groups is 1. The molecule has 0 unspecified atom stereocenters. The van der Waals surface area contributed by atoms with Crippen molar-refractivity contribution in [1.82, 2.24) is 5.32 Å². The molecule has 0 saturated carbocycles. The maximum atomic E-state index is 12.1. The number of aromatic hydroxyl groups is 1. The Morgan fingerprint density at radius 2 is 1.87 bits per heavy atom. The van der Waals surface area contributed by atoms with Gasteiger partial charge in [-0.15, -0.1) is 0 Å². The van der Waals surface area contributed by atoms with Crippen molar-refractivity contribution in [1.29, 1.82) is 0 Å². The first-order chi connectivity index (χ1) is 11.0. The van der Waals surface area contributed by atoms with Crippen LogP contribution < -0.4 is 5.32 Å². The summed E-state index contributed by atoms with van der Waals surface area (Å²) in [6.07, 6.45) is 1.72. The Morgan fingerprint density at radius 3 is 2.61 bits per heavy atom. The molecule has 1 aliphatic rings. The number of thioether (sulfide) groups is 1. The van der Waals surface area contributed by atoms with Crippen LogP contribution in [0.3, 0.4) is 0 Å². The Hall–Kier alpha value is -1.57. The summed E-state index contributed by atoms with van der Waals surface area (Å²) < 4.78 is 1.77. The van der Waals surface area contributed by atoms with E-state index in [0.717, 1.165) is 20.2 Å². The fourth-order valence-corrected chi connectivity index (χ4v) is 3.35. The zero-order chi connectivity index (χ0) is 16.4. The molecule has 1 saturated heterocycles. The number of nitrogens with one attached hydrogen (secondary N) is 1. The maximum absolute atomic E-state index is 12.1. The van der Waals surface area contributed by atoms with Gasteiger partial charge in [0, 0.05) is 8.95 Å². The molecule has 0 atom stereocenters. The van der Waals surface area contributed by atoms with Crippen LogP contribution in [0.15, 0.2) is 61.3 Å². The predicted octanol–water partition coefficient (Wildman–Crippen LogP) is 4.81. The summed E-state index contributed by atoms with van der Waals surface area (Å²) in [7, 11) is 0. The van der Waals surface area contributed by atoms with Crippen molar-refractivity contribution < 1.29 is 9.90 Å². The Labute approximate surface area is 154 Å². The van der Waals surface area contributed by atoms with Gasteiger partial charge in [-0.2, -0.15) is 0 Å². The van der Waals surface area contributed by atoms with Gasteiger partial charge in [0.15, 0.2) is 5.17 Å². The van der Waals surface area contributed by atoms with Gasteiger partial charge in [0.2, 0.25) is 0 Å². The molecule has 0 radical (unpaired) electrons. The van der Waals surface area contributed by atoms with Crippen LogP contribution >= 0.6 is 43.6 Å². The zero-order valence-corrected chi connectivity index (χ0v) is 15.6. The molecule has 1 amide bonds. The van der Waals surface area contributed by atoms with Gasteiger partial charge in [-0.3, -0.25) is 4.79 Å². The topological polar surface area (TPSA) is 61.7 Å². The average Bonchev–Trinajstić information content (AvgIpc) is 2.85. The first-order valence-corrected chi connectivity index (χ1v) is 8.95. The summed E-state index contributed by atoms with van der Waals surface area (Å²) in [5.74, 6) is -0.0617. The van der Waals surface area contributed by atoms with Crippen LogP contribution in [0, 0.1) is 0 Å². The van der Waals surface area contributed by atoms with E-state index >= 15 is 0 Å². The number of hydrogen-bond donors (Lipinski definition) is 2. The molecule has 1 fully saturated rings. The molecular formula is C16H10Br2N2O2S. The van der Waals surface area contributed by atoms with Gasteiger partial charge >= 0.3 is 0 Å². The van der Waals surface area contributed by atoms with E-state index in [2.05, 4.69) is 42.2 Å². The lowest BCUT2D eigenvalue weighted by Gasteiger charge is -2.00. The van der Waals surface area contributed by atoms with E-state index in [1.165, 1.54) is 11.8 Å². The normalized spacial score (nSPS) is 17.7. The summed E-state index contributed by atoms with van der Waals surface area (Å²) in [5, 5.41) is 12.8. The van der Waals surface area contributed by atoms with Crippen molar-refractivity contribution in [2.24, 2.45) is 4.99 Å². The minimum absolute atomic E-state index is 0.146. The minimum Gasteiger partial charge on any atom is -0.508 e. The largest absolute Gasteiger partial charge is 0.508 e. The minimum atomic E-state index is -0.207. The average molecular weight is 454 g/mol. The van der Waals surface area contributed by atoms with Crippen molar-refractivity contribution >= 4 is 66.5 Å². The number of phenols is 1. The molecule has 4 nitrogen and oxygen atoms in total. The number of phenolic OH excluding ortho intramolecular Hbond substituents is 1. The molecule has 23 heavy (non-hydrogen) atoms. The highest BCUT2D eigenvalue weighted by Gasteiger charge is 2.24. The number of rotatable bonds is 2. The van der Waals surface area contributed by atoms with E-state index in [9.17, 15) is 9.90 Å². The zero-order valence-electron chi connectivity index (χ0n) is 11.6. The number of amides is 1. The van der Waals surface area contributed by atoms with E-state index in [0.29, 0.717) is 10.1 Å². The van der Waals surface area contributed by atoms with E-state index in [1.807, 2.05) is 24.3 Å². The van der Waals surface area contributed by atoms with Crippen LogP contribution in [-0.4, -0.2) is 16.2 Å². The Morgan fingerprint density at radius 1 is 1.13 bits per heavy atom. The SMILES string of the molecule is O=C1NC(=Nc2ccc(Br)cc2)SC1=Cc1cc(O)ccc1Br. The van der Waals surface area contributed by atoms with Crippen LogP contribution in [0.1, 0.15) is 5.56 Å². The van der Waals surface area contributed by atoms with Gasteiger partial charge in [0.25, 0.3) is 5.91 Å². The standard InChI is InChI=1S/C16H10Br2N2O2S/c17-10-1-3-11(4-2-10)19-16-20-15(22)14(23-16)8-9-7-12(21)5-6-13(9)18/h1-8,21H,(H,19,20,22). The molecule has 116 valence electrons. The van der Waals surface area contributed by atoms with Crippen molar-refractivity contribution in [2.45, 2.75) is 0 Å². The second kappa shape index (κ2) is 6.90. The first-order valence-electron chi connectivity index (χ1n) is 6.55. The lowest BCUT2D eigenvalue weighted by molar-refractivity contribution is -0.115. The lowest BCUT2D eigenvalue weighted by Crippen LogP contribution is -2.19. The van der Waals surface area contributed by atoms with E-state index in [1.54, 1.807) is 24.3 Å².